The monoisotopic (exact) mass is 428 g/mol. The number of aliphatic hydroxyl groups excluding tert-OH is 1. The molecule has 3 heterocycles. The van der Waals surface area contributed by atoms with Gasteiger partial charge < -0.3 is 20.5 Å². The van der Waals surface area contributed by atoms with Crippen molar-refractivity contribution in [3.8, 4) is 11.4 Å². The molecule has 3 aromatic rings. The molecule has 0 radical (unpaired) electrons. The number of benzene rings is 1. The van der Waals surface area contributed by atoms with Crippen LogP contribution in [0.2, 0.25) is 0 Å². The minimum Gasteiger partial charge on any atom is -0.497 e. The molecule has 4 rings (SSSR count). The fourth-order valence-corrected chi connectivity index (χ4v) is 4.68. The van der Waals surface area contributed by atoms with Crippen LogP contribution in [-0.2, 0) is 0 Å². The van der Waals surface area contributed by atoms with E-state index in [1.807, 2.05) is 0 Å². The number of carbonyl (C=O) groups excluding carboxylic acids is 1. The van der Waals surface area contributed by atoms with E-state index in [9.17, 15) is 9.59 Å². The molecule has 0 aliphatic carbocycles. The predicted octanol–water partition coefficient (Wildman–Crippen LogP) is 2.27. The third-order valence-corrected chi connectivity index (χ3v) is 6.45. The van der Waals surface area contributed by atoms with Crippen molar-refractivity contribution in [2.24, 2.45) is 5.92 Å². The Morgan fingerprint density at radius 3 is 2.63 bits per heavy atom. The number of aromatic nitrogens is 2. The lowest BCUT2D eigenvalue weighted by molar-refractivity contribution is 0.0672. The molecule has 1 aliphatic rings. The van der Waals surface area contributed by atoms with E-state index in [1.54, 1.807) is 41.7 Å². The highest BCUT2D eigenvalue weighted by molar-refractivity contribution is 7.15. The number of thiophene rings is 1. The Balaban J connectivity index is 1.75. The van der Waals surface area contributed by atoms with Gasteiger partial charge in [-0.15, -0.1) is 11.3 Å². The van der Waals surface area contributed by atoms with Crippen LogP contribution in [-0.4, -0.2) is 52.5 Å². The van der Waals surface area contributed by atoms with E-state index in [2.05, 4.69) is 5.10 Å². The average molecular weight is 429 g/mol. The smallest absolute Gasteiger partial charge is 0.282 e. The number of nitrogens with zero attached hydrogens (tertiary/aromatic N) is 3. The van der Waals surface area contributed by atoms with Crippen LogP contribution in [0.4, 0.5) is 5.00 Å². The van der Waals surface area contributed by atoms with Gasteiger partial charge in [-0.05, 0) is 49.4 Å². The lowest BCUT2D eigenvalue weighted by Crippen LogP contribution is -2.40. The SMILES string of the molecule is COc1ccc(-n2nc(C(=O)N3CCC(CCO)CC3)c3csc(N)c3c2=O)cc1. The molecule has 1 amide bonds. The van der Waals surface area contributed by atoms with Crippen LogP contribution in [0.5, 0.6) is 5.75 Å². The predicted molar refractivity (Wildman–Crippen MR) is 117 cm³/mol. The fraction of sp³-hybridized carbons (Fsp3) is 0.381. The lowest BCUT2D eigenvalue weighted by atomic mass is 9.94. The topological polar surface area (TPSA) is 111 Å². The maximum atomic E-state index is 13.3. The number of nitrogen functional groups attached to an aromatic ring is 1. The number of fused-ring (bicyclic) bond motifs is 1. The number of ether oxygens (including phenoxy) is 1. The molecule has 0 spiro atoms. The summed E-state index contributed by atoms with van der Waals surface area (Å²) in [6, 6.07) is 6.91. The maximum absolute atomic E-state index is 13.3. The summed E-state index contributed by atoms with van der Waals surface area (Å²) >= 11 is 1.23. The van der Waals surface area contributed by atoms with Crippen molar-refractivity contribution < 1.29 is 14.6 Å². The fourth-order valence-electron chi connectivity index (χ4n) is 3.89. The zero-order chi connectivity index (χ0) is 21.3. The van der Waals surface area contributed by atoms with Crippen LogP contribution in [0.1, 0.15) is 29.8 Å². The van der Waals surface area contributed by atoms with Crippen molar-refractivity contribution in [2.75, 3.05) is 32.5 Å². The van der Waals surface area contributed by atoms with E-state index >= 15 is 0 Å². The van der Waals surface area contributed by atoms with Crippen LogP contribution in [0.3, 0.4) is 0 Å². The molecule has 2 aromatic heterocycles. The molecule has 1 fully saturated rings. The van der Waals surface area contributed by atoms with Gasteiger partial charge in [0.25, 0.3) is 11.5 Å². The number of likely N-dealkylation sites (tertiary alicyclic amines) is 1. The largest absolute Gasteiger partial charge is 0.497 e. The van der Waals surface area contributed by atoms with E-state index in [-0.39, 0.29) is 23.8 Å². The van der Waals surface area contributed by atoms with Gasteiger partial charge in [-0.1, -0.05) is 0 Å². The Kier molecular flexibility index (Phi) is 5.74. The Labute approximate surface area is 177 Å². The van der Waals surface area contributed by atoms with E-state index in [1.165, 1.54) is 16.0 Å². The van der Waals surface area contributed by atoms with E-state index in [4.69, 9.17) is 15.6 Å². The summed E-state index contributed by atoms with van der Waals surface area (Å²) in [6.45, 7) is 1.38. The Morgan fingerprint density at radius 1 is 1.30 bits per heavy atom. The molecular formula is C21H24N4O4S. The van der Waals surface area contributed by atoms with Gasteiger partial charge in [0.05, 0.1) is 23.2 Å². The Morgan fingerprint density at radius 2 is 2.00 bits per heavy atom. The Hall–Kier alpha value is -2.91. The molecule has 30 heavy (non-hydrogen) atoms. The van der Waals surface area contributed by atoms with Gasteiger partial charge >= 0.3 is 0 Å². The van der Waals surface area contributed by atoms with Crippen LogP contribution in [0.15, 0.2) is 34.4 Å². The van der Waals surface area contributed by atoms with E-state index in [0.29, 0.717) is 46.2 Å². The zero-order valence-electron chi connectivity index (χ0n) is 16.7. The summed E-state index contributed by atoms with van der Waals surface area (Å²) in [5.41, 5.74) is 6.49. The zero-order valence-corrected chi connectivity index (χ0v) is 17.5. The van der Waals surface area contributed by atoms with Crippen LogP contribution in [0, 0.1) is 5.92 Å². The van der Waals surface area contributed by atoms with Gasteiger partial charge in [-0.2, -0.15) is 9.78 Å². The first-order chi connectivity index (χ1) is 14.5. The quantitative estimate of drug-likeness (QED) is 0.645. The first-order valence-corrected chi connectivity index (χ1v) is 10.8. The standard InChI is InChI=1S/C21H24N4O4S/c1-29-15-4-2-14(3-5-15)25-20(27)17-16(12-30-19(17)22)18(23-25)21(28)24-9-6-13(7-10-24)8-11-26/h2-5,12-13,26H,6-11,22H2,1H3. The maximum Gasteiger partial charge on any atom is 0.282 e. The van der Waals surface area contributed by atoms with Crippen LogP contribution >= 0.6 is 11.3 Å². The summed E-state index contributed by atoms with van der Waals surface area (Å²) in [6.07, 6.45) is 2.45. The molecule has 8 nitrogen and oxygen atoms in total. The molecule has 158 valence electrons. The van der Waals surface area contributed by atoms with Crippen LogP contribution < -0.4 is 16.0 Å². The van der Waals surface area contributed by atoms with Gasteiger partial charge in [0.1, 0.15) is 5.75 Å². The minimum atomic E-state index is -0.355. The highest BCUT2D eigenvalue weighted by atomic mass is 32.1. The van der Waals surface area contributed by atoms with Crippen molar-refractivity contribution in [1.82, 2.24) is 14.7 Å². The molecular weight excluding hydrogens is 404 g/mol. The first kappa shape index (κ1) is 20.4. The third-order valence-electron chi connectivity index (χ3n) is 5.64. The van der Waals surface area contributed by atoms with Gasteiger partial charge in [0.15, 0.2) is 5.69 Å². The molecule has 3 N–H and O–H groups in total. The van der Waals surface area contributed by atoms with Gasteiger partial charge in [0.2, 0.25) is 0 Å². The van der Waals surface area contributed by atoms with Crippen molar-refractivity contribution in [2.45, 2.75) is 19.3 Å². The number of amides is 1. The second kappa shape index (κ2) is 8.45. The van der Waals surface area contributed by atoms with Crippen molar-refractivity contribution in [1.29, 1.82) is 0 Å². The van der Waals surface area contributed by atoms with Gasteiger partial charge in [-0.3, -0.25) is 9.59 Å². The molecule has 9 heteroatoms. The summed E-state index contributed by atoms with van der Waals surface area (Å²) in [7, 11) is 1.57. The summed E-state index contributed by atoms with van der Waals surface area (Å²) < 4.78 is 6.41. The number of piperidine rings is 1. The second-order valence-corrected chi connectivity index (χ2v) is 8.31. The molecule has 0 atom stereocenters. The molecule has 1 aromatic carbocycles. The molecule has 1 aliphatic heterocycles. The summed E-state index contributed by atoms with van der Waals surface area (Å²) in [5.74, 6) is 0.879. The second-order valence-electron chi connectivity index (χ2n) is 7.40. The number of nitrogens with two attached hydrogens (primary N) is 1. The molecule has 0 saturated carbocycles. The summed E-state index contributed by atoms with van der Waals surface area (Å²) in [4.78, 5) is 28.2. The highest BCUT2D eigenvalue weighted by Gasteiger charge is 2.28. The Bertz CT molecular complexity index is 1110. The van der Waals surface area contributed by atoms with Gasteiger partial charge in [-0.25, -0.2) is 0 Å². The molecule has 1 saturated heterocycles. The first-order valence-electron chi connectivity index (χ1n) is 9.88. The highest BCUT2D eigenvalue weighted by Crippen LogP contribution is 2.29. The minimum absolute atomic E-state index is 0.168. The van der Waals surface area contributed by atoms with Crippen LogP contribution in [0.25, 0.3) is 16.5 Å². The number of anilines is 1. The number of carbonyl (C=O) groups is 1. The average Bonchev–Trinajstić information content (AvgIpc) is 3.17. The molecule has 0 unspecified atom stereocenters. The summed E-state index contributed by atoms with van der Waals surface area (Å²) in [5, 5.41) is 16.5. The number of rotatable bonds is 5. The number of hydrogen-bond donors (Lipinski definition) is 2. The van der Waals surface area contributed by atoms with Crippen molar-refractivity contribution in [3.63, 3.8) is 0 Å². The number of aliphatic hydroxyl groups is 1. The normalized spacial score (nSPS) is 14.9. The number of methoxy groups -OCH3 is 1. The molecule has 0 bridgehead atoms. The van der Waals surface area contributed by atoms with E-state index in [0.717, 1.165) is 19.3 Å². The van der Waals surface area contributed by atoms with Crippen molar-refractivity contribution in [3.05, 3.63) is 45.7 Å². The van der Waals surface area contributed by atoms with Gasteiger partial charge in [0, 0.05) is 30.5 Å². The van der Waals surface area contributed by atoms with E-state index < -0.39 is 0 Å². The van der Waals surface area contributed by atoms with Crippen molar-refractivity contribution >= 4 is 33.0 Å². The third kappa shape index (κ3) is 3.66. The number of hydrogen-bond acceptors (Lipinski definition) is 7. The lowest BCUT2D eigenvalue weighted by Gasteiger charge is -2.31.